The Balaban J connectivity index is 2.17. The van der Waals surface area contributed by atoms with Crippen molar-refractivity contribution in [1.29, 1.82) is 0 Å². The van der Waals surface area contributed by atoms with Crippen molar-refractivity contribution in [2.24, 2.45) is 5.92 Å². The van der Waals surface area contributed by atoms with Gasteiger partial charge in [0.2, 0.25) is 0 Å². The number of rotatable bonds is 11. The molecular formula is C17H30N4O8P2S. The van der Waals surface area contributed by atoms with Gasteiger partial charge in [-0.2, -0.15) is 4.31 Å². The molecular weight excluding hydrogens is 482 g/mol. The highest BCUT2D eigenvalue weighted by Crippen LogP contribution is 2.57. The maximum atomic E-state index is 11.7. The number of hydrogen-bond acceptors (Lipinski definition) is 10. The Labute approximate surface area is 191 Å². The smallest absolute Gasteiger partial charge is 0.390 e. The maximum absolute atomic E-state index is 11.7. The Morgan fingerprint density at radius 1 is 1.28 bits per heavy atom. The van der Waals surface area contributed by atoms with Crippen LogP contribution in [-0.4, -0.2) is 52.7 Å². The van der Waals surface area contributed by atoms with Crippen LogP contribution in [0.1, 0.15) is 45.0 Å². The normalized spacial score (nSPS) is 20.2. The molecule has 6 N–H and O–H groups in total. The van der Waals surface area contributed by atoms with Crippen LogP contribution in [0.5, 0.6) is 0 Å². The summed E-state index contributed by atoms with van der Waals surface area (Å²) in [5.74, 6) is 1.16. The number of allylic oxidation sites excluding steroid dienone is 1. The molecule has 1 aliphatic heterocycles. The fourth-order valence-electron chi connectivity index (χ4n) is 3.21. The predicted octanol–water partition coefficient (Wildman–Crippen LogP) is 2.50. The van der Waals surface area contributed by atoms with Crippen molar-refractivity contribution in [2.75, 3.05) is 12.3 Å². The number of nitrogen functional groups attached to an aromatic ring is 1. The summed E-state index contributed by atoms with van der Waals surface area (Å²) in [6.45, 7) is 7.64. The molecule has 0 bridgehead atoms. The van der Waals surface area contributed by atoms with Gasteiger partial charge in [-0.15, -0.1) is 11.8 Å². The second-order valence-corrected chi connectivity index (χ2v) is 11.8. The van der Waals surface area contributed by atoms with Gasteiger partial charge >= 0.3 is 15.6 Å². The Morgan fingerprint density at radius 3 is 2.50 bits per heavy atom. The lowest BCUT2D eigenvalue weighted by atomic mass is 10.0. The van der Waals surface area contributed by atoms with Crippen molar-refractivity contribution >= 4 is 33.2 Å². The molecule has 1 aliphatic rings. The van der Waals surface area contributed by atoms with Gasteiger partial charge in [0.1, 0.15) is 17.0 Å². The van der Waals surface area contributed by atoms with Crippen LogP contribution >= 0.6 is 27.4 Å². The molecule has 0 fully saturated rings. The second-order valence-electron chi connectivity index (χ2n) is 7.79. The van der Waals surface area contributed by atoms with E-state index in [0.717, 1.165) is 10.6 Å². The van der Waals surface area contributed by atoms with Crippen molar-refractivity contribution in [3.8, 4) is 0 Å². The monoisotopic (exact) mass is 512 g/mol. The molecule has 0 saturated carbocycles. The van der Waals surface area contributed by atoms with E-state index in [1.165, 1.54) is 11.8 Å². The van der Waals surface area contributed by atoms with Crippen molar-refractivity contribution in [1.82, 2.24) is 14.9 Å². The lowest BCUT2D eigenvalue weighted by molar-refractivity contribution is 0.0927. The van der Waals surface area contributed by atoms with E-state index in [9.17, 15) is 19.1 Å². The zero-order chi connectivity index (χ0) is 24.3. The fraction of sp³-hybridized carbons (Fsp3) is 0.647. The third kappa shape index (κ3) is 8.09. The second kappa shape index (κ2) is 10.9. The van der Waals surface area contributed by atoms with Gasteiger partial charge in [-0.3, -0.25) is 4.52 Å². The number of hydrogen-bond donors (Lipinski definition) is 5. The first-order valence-corrected chi connectivity index (χ1v) is 13.7. The van der Waals surface area contributed by atoms with E-state index < -0.39 is 21.7 Å². The molecule has 3 unspecified atom stereocenters. The fourth-order valence-corrected chi connectivity index (χ4v) is 6.20. The SMILES string of the molecule is CC1=C(CCOP(=O)(O)OP(=O)(O)O)SC(C(O)CC(C)C)N1Cc1cnc(C)nc1N. The molecule has 1 aromatic rings. The van der Waals surface area contributed by atoms with Crippen LogP contribution in [0.25, 0.3) is 0 Å². The minimum absolute atomic E-state index is 0.173. The summed E-state index contributed by atoms with van der Waals surface area (Å²) in [4.78, 5) is 38.0. The third-order valence-corrected chi connectivity index (χ3v) is 8.38. The van der Waals surface area contributed by atoms with E-state index in [-0.39, 0.29) is 24.3 Å². The average Bonchev–Trinajstić information content (AvgIpc) is 2.91. The van der Waals surface area contributed by atoms with E-state index >= 15 is 0 Å². The molecule has 0 amide bonds. The van der Waals surface area contributed by atoms with Crippen LogP contribution in [0.4, 0.5) is 5.82 Å². The summed E-state index contributed by atoms with van der Waals surface area (Å²) in [7, 11) is -10.1. The molecule has 32 heavy (non-hydrogen) atoms. The van der Waals surface area contributed by atoms with Crippen LogP contribution in [-0.2, 0) is 24.5 Å². The van der Waals surface area contributed by atoms with Crippen LogP contribution in [0, 0.1) is 12.8 Å². The first kappa shape index (κ1) is 27.2. The molecule has 182 valence electrons. The molecule has 3 atom stereocenters. The Morgan fingerprint density at radius 2 is 1.94 bits per heavy atom. The number of aliphatic hydroxyl groups is 1. The molecule has 2 rings (SSSR count). The summed E-state index contributed by atoms with van der Waals surface area (Å²) in [6, 6.07) is 0. The first-order valence-electron chi connectivity index (χ1n) is 9.82. The lowest BCUT2D eigenvalue weighted by Gasteiger charge is -2.32. The number of thioether (sulfide) groups is 1. The van der Waals surface area contributed by atoms with Gasteiger partial charge in [-0.1, -0.05) is 13.8 Å². The minimum Gasteiger partial charge on any atom is -0.390 e. The summed E-state index contributed by atoms with van der Waals surface area (Å²) in [5.41, 5.74) is 7.55. The number of aromatic nitrogens is 2. The molecule has 12 nitrogen and oxygen atoms in total. The zero-order valence-corrected chi connectivity index (χ0v) is 20.9. The van der Waals surface area contributed by atoms with E-state index in [1.807, 2.05) is 25.7 Å². The third-order valence-electron chi connectivity index (χ3n) is 4.60. The average molecular weight is 512 g/mol. The van der Waals surface area contributed by atoms with Crippen LogP contribution in [0.3, 0.4) is 0 Å². The first-order chi connectivity index (χ1) is 14.7. The molecule has 2 heterocycles. The van der Waals surface area contributed by atoms with Gasteiger partial charge in [0.25, 0.3) is 0 Å². The maximum Gasteiger partial charge on any atom is 0.481 e. The summed E-state index contributed by atoms with van der Waals surface area (Å²) in [6.07, 6.45) is 1.71. The zero-order valence-electron chi connectivity index (χ0n) is 18.3. The number of nitrogens with two attached hydrogens (primary N) is 1. The highest BCUT2D eigenvalue weighted by atomic mass is 32.2. The topological polar surface area (TPSA) is 189 Å². The number of anilines is 1. The van der Waals surface area contributed by atoms with Crippen molar-refractivity contribution in [2.45, 2.75) is 58.6 Å². The van der Waals surface area contributed by atoms with Gasteiger partial charge in [-0.05, 0) is 26.2 Å². The number of phosphoric ester groups is 1. The number of nitrogens with zero attached hydrogens (tertiary/aromatic N) is 3. The Bertz CT molecular complexity index is 941. The summed E-state index contributed by atoms with van der Waals surface area (Å²) in [5, 5.41) is 10.5. The number of phosphoric acid groups is 2. The largest absolute Gasteiger partial charge is 0.481 e. The minimum atomic E-state index is -5.18. The van der Waals surface area contributed by atoms with E-state index in [2.05, 4.69) is 14.3 Å². The van der Waals surface area contributed by atoms with Gasteiger partial charge in [0, 0.05) is 35.3 Å². The summed E-state index contributed by atoms with van der Waals surface area (Å²) < 4.78 is 30.9. The van der Waals surface area contributed by atoms with Crippen LogP contribution in [0.15, 0.2) is 16.8 Å². The van der Waals surface area contributed by atoms with E-state index in [4.69, 9.17) is 20.0 Å². The Hall–Kier alpha value is -1.01. The van der Waals surface area contributed by atoms with Crippen molar-refractivity contribution in [3.05, 3.63) is 28.2 Å². The molecule has 15 heteroatoms. The van der Waals surface area contributed by atoms with Gasteiger partial charge in [0.05, 0.1) is 12.7 Å². The quantitative estimate of drug-likeness (QED) is 0.272. The number of aliphatic hydroxyl groups excluding tert-OH is 1. The lowest BCUT2D eigenvalue weighted by Crippen LogP contribution is -2.37. The van der Waals surface area contributed by atoms with Crippen LogP contribution < -0.4 is 5.73 Å². The Kier molecular flexibility index (Phi) is 9.31. The molecule has 0 spiro atoms. The van der Waals surface area contributed by atoms with Gasteiger partial charge in [0.15, 0.2) is 0 Å². The van der Waals surface area contributed by atoms with Crippen molar-refractivity contribution in [3.63, 3.8) is 0 Å². The molecule has 0 radical (unpaired) electrons. The summed E-state index contributed by atoms with van der Waals surface area (Å²) >= 11 is 1.40. The van der Waals surface area contributed by atoms with Gasteiger partial charge < -0.3 is 30.4 Å². The highest BCUT2D eigenvalue weighted by Gasteiger charge is 2.37. The molecule has 1 aromatic heterocycles. The molecule has 0 aliphatic carbocycles. The van der Waals surface area contributed by atoms with Crippen molar-refractivity contribution < 1.29 is 37.8 Å². The van der Waals surface area contributed by atoms with E-state index in [1.54, 1.807) is 13.1 Å². The van der Waals surface area contributed by atoms with Crippen LogP contribution in [0.2, 0.25) is 0 Å². The highest BCUT2D eigenvalue weighted by molar-refractivity contribution is 8.03. The molecule has 0 saturated heterocycles. The standard InChI is InChI=1S/C17H30N4O8P2S/c1-10(2)7-14(22)17-21(9-13-8-19-12(4)20-16(13)18)11(3)15(32-17)5-6-28-31(26,27)29-30(23,24)25/h8,10,14,17,22H,5-7,9H2,1-4H3,(H,26,27)(H2,18,19,20)(H2,23,24,25). The number of aryl methyl sites for hydroxylation is 1. The van der Waals surface area contributed by atoms with Gasteiger partial charge in [-0.25, -0.2) is 19.1 Å². The molecule has 0 aromatic carbocycles. The van der Waals surface area contributed by atoms with E-state index in [0.29, 0.717) is 30.2 Å². The predicted molar refractivity (Wildman–Crippen MR) is 120 cm³/mol.